The lowest BCUT2D eigenvalue weighted by Gasteiger charge is -2.18. The second-order valence-electron chi connectivity index (χ2n) is 2.76. The van der Waals surface area contributed by atoms with Gasteiger partial charge in [-0.05, 0) is 25.5 Å². The van der Waals surface area contributed by atoms with Gasteiger partial charge in [0, 0.05) is 19.3 Å². The average Bonchev–Trinajstić information content (AvgIpc) is 2.04. The Kier molecular flexibility index (Phi) is 2.65. The van der Waals surface area contributed by atoms with Gasteiger partial charge in [-0.2, -0.15) is 0 Å². The van der Waals surface area contributed by atoms with Crippen molar-refractivity contribution < 1.29 is 0 Å². The Hall–Kier alpha value is -0.830. The molecule has 3 nitrogen and oxygen atoms in total. The van der Waals surface area contributed by atoms with Crippen molar-refractivity contribution in [1.29, 1.82) is 0 Å². The van der Waals surface area contributed by atoms with Gasteiger partial charge in [0.15, 0.2) is 0 Å². The zero-order valence-corrected chi connectivity index (χ0v) is 7.15. The van der Waals surface area contributed by atoms with Crippen LogP contribution in [-0.2, 0) is 0 Å². The minimum absolute atomic E-state index is 0.861. The third-order valence-electron chi connectivity index (χ3n) is 1.94. The van der Waals surface area contributed by atoms with Crippen LogP contribution >= 0.6 is 0 Å². The number of hydrogen-bond donors (Lipinski definition) is 2. The van der Waals surface area contributed by atoms with Crippen molar-refractivity contribution in [3.05, 3.63) is 11.3 Å². The van der Waals surface area contributed by atoms with Gasteiger partial charge in [0.1, 0.15) is 0 Å². The minimum atomic E-state index is 0.861. The van der Waals surface area contributed by atoms with Crippen LogP contribution in [0.4, 0.5) is 0 Å². The third-order valence-corrected chi connectivity index (χ3v) is 1.94. The highest BCUT2D eigenvalue weighted by Gasteiger charge is 2.12. The number of allylic oxidation sites excluding steroid dienone is 1. The molecule has 1 aliphatic heterocycles. The van der Waals surface area contributed by atoms with E-state index >= 15 is 0 Å². The summed E-state index contributed by atoms with van der Waals surface area (Å²) in [5, 5.41) is 3.25. The van der Waals surface area contributed by atoms with Crippen LogP contribution in [0.5, 0.6) is 0 Å². The van der Waals surface area contributed by atoms with Gasteiger partial charge in [0.25, 0.3) is 0 Å². The van der Waals surface area contributed by atoms with Crippen LogP contribution in [0.3, 0.4) is 0 Å². The van der Waals surface area contributed by atoms with Crippen molar-refractivity contribution in [3.8, 4) is 0 Å². The van der Waals surface area contributed by atoms with E-state index in [1.54, 1.807) is 0 Å². The molecule has 1 aliphatic rings. The summed E-state index contributed by atoms with van der Waals surface area (Å²) in [4.78, 5) is 4.17. The molecule has 0 unspecified atom stereocenters. The molecule has 3 N–H and O–H groups in total. The molecule has 1 heterocycles. The highest BCUT2D eigenvalue weighted by atomic mass is 14.9. The summed E-state index contributed by atoms with van der Waals surface area (Å²) in [6, 6.07) is 0. The molecule has 0 atom stereocenters. The highest BCUT2D eigenvalue weighted by molar-refractivity contribution is 6.02. The van der Waals surface area contributed by atoms with E-state index < -0.39 is 0 Å². The van der Waals surface area contributed by atoms with E-state index in [1.165, 1.54) is 5.57 Å². The Labute approximate surface area is 67.4 Å². The summed E-state index contributed by atoms with van der Waals surface area (Å²) < 4.78 is 0. The van der Waals surface area contributed by atoms with Crippen molar-refractivity contribution >= 4 is 5.71 Å². The van der Waals surface area contributed by atoms with E-state index in [0.29, 0.717) is 0 Å². The average molecular weight is 153 g/mol. The lowest BCUT2D eigenvalue weighted by atomic mass is 10.0. The summed E-state index contributed by atoms with van der Waals surface area (Å²) in [5.41, 5.74) is 8.95. The zero-order valence-electron chi connectivity index (χ0n) is 7.15. The molecule has 1 saturated heterocycles. The van der Waals surface area contributed by atoms with Crippen molar-refractivity contribution in [2.75, 3.05) is 20.1 Å². The van der Waals surface area contributed by atoms with E-state index in [1.807, 2.05) is 14.0 Å². The van der Waals surface area contributed by atoms with E-state index in [9.17, 15) is 0 Å². The first-order valence-corrected chi connectivity index (χ1v) is 3.87. The van der Waals surface area contributed by atoms with E-state index in [-0.39, 0.29) is 0 Å². The van der Waals surface area contributed by atoms with Crippen LogP contribution < -0.4 is 11.1 Å². The van der Waals surface area contributed by atoms with Gasteiger partial charge in [-0.25, -0.2) is 0 Å². The maximum atomic E-state index is 5.70. The molecule has 3 heteroatoms. The number of nitrogens with one attached hydrogen (secondary N) is 1. The number of aliphatic imine (C=N–C) groups is 1. The number of hydrogen-bond acceptors (Lipinski definition) is 3. The lowest BCUT2D eigenvalue weighted by molar-refractivity contribution is 0.726. The van der Waals surface area contributed by atoms with Crippen molar-refractivity contribution in [2.45, 2.75) is 13.3 Å². The summed E-state index contributed by atoms with van der Waals surface area (Å²) in [6.07, 6.45) is 1.01. The van der Waals surface area contributed by atoms with Crippen LogP contribution in [0.25, 0.3) is 0 Å². The first kappa shape index (κ1) is 8.27. The summed E-state index contributed by atoms with van der Waals surface area (Å²) >= 11 is 0. The standard InChI is InChI=1S/C8H15N3/c1-6(9)7-3-4-11-5-8(7)10-2/h11H,3-5,9H2,1-2H3/b7-6-,10-8?. The van der Waals surface area contributed by atoms with Crippen LogP contribution in [0.15, 0.2) is 16.3 Å². The summed E-state index contributed by atoms with van der Waals surface area (Å²) in [6.45, 7) is 3.81. The van der Waals surface area contributed by atoms with Gasteiger partial charge in [-0.15, -0.1) is 0 Å². The largest absolute Gasteiger partial charge is 0.402 e. The maximum absolute atomic E-state index is 5.70. The second-order valence-corrected chi connectivity index (χ2v) is 2.76. The zero-order chi connectivity index (χ0) is 8.27. The second kappa shape index (κ2) is 3.53. The third kappa shape index (κ3) is 1.80. The number of rotatable bonds is 0. The first-order chi connectivity index (χ1) is 5.25. The van der Waals surface area contributed by atoms with Gasteiger partial charge in [0.05, 0.1) is 5.71 Å². The van der Waals surface area contributed by atoms with Crippen molar-refractivity contribution in [1.82, 2.24) is 5.32 Å². The van der Waals surface area contributed by atoms with Gasteiger partial charge in [-0.1, -0.05) is 0 Å². The molecule has 0 spiro atoms. The fraction of sp³-hybridized carbons (Fsp3) is 0.625. The van der Waals surface area contributed by atoms with Gasteiger partial charge in [0.2, 0.25) is 0 Å². The molecule has 0 aliphatic carbocycles. The molecule has 0 saturated carbocycles. The minimum Gasteiger partial charge on any atom is -0.402 e. The Bertz CT molecular complexity index is 199. The van der Waals surface area contributed by atoms with Crippen molar-refractivity contribution in [2.24, 2.45) is 10.7 Å². The first-order valence-electron chi connectivity index (χ1n) is 3.87. The predicted octanol–water partition coefficient (Wildman–Crippen LogP) is 0.283. The van der Waals surface area contributed by atoms with Gasteiger partial charge in [-0.3, -0.25) is 4.99 Å². The molecule has 1 fully saturated rings. The van der Waals surface area contributed by atoms with Crippen LogP contribution in [0.2, 0.25) is 0 Å². The fourth-order valence-corrected chi connectivity index (χ4v) is 1.31. The molecule has 1 rings (SSSR count). The molecular weight excluding hydrogens is 138 g/mol. The smallest absolute Gasteiger partial charge is 0.0532 e. The normalized spacial score (nSPS) is 27.3. The van der Waals surface area contributed by atoms with Gasteiger partial charge < -0.3 is 11.1 Å². The van der Waals surface area contributed by atoms with E-state index in [0.717, 1.165) is 30.9 Å². The molecule has 11 heavy (non-hydrogen) atoms. The van der Waals surface area contributed by atoms with Crippen LogP contribution in [0, 0.1) is 0 Å². The summed E-state index contributed by atoms with van der Waals surface area (Å²) in [5.74, 6) is 0. The Morgan fingerprint density at radius 2 is 2.36 bits per heavy atom. The monoisotopic (exact) mass is 153 g/mol. The molecule has 0 bridgehead atoms. The lowest BCUT2D eigenvalue weighted by Crippen LogP contribution is -2.33. The molecule has 0 amide bonds. The highest BCUT2D eigenvalue weighted by Crippen LogP contribution is 2.10. The molecule has 0 aromatic rings. The number of piperidine rings is 1. The predicted molar refractivity (Wildman–Crippen MR) is 47.7 cm³/mol. The quantitative estimate of drug-likeness (QED) is 0.525. The Morgan fingerprint density at radius 1 is 1.64 bits per heavy atom. The van der Waals surface area contributed by atoms with Crippen LogP contribution in [0.1, 0.15) is 13.3 Å². The topological polar surface area (TPSA) is 50.4 Å². The number of nitrogens with zero attached hydrogens (tertiary/aromatic N) is 1. The van der Waals surface area contributed by atoms with Gasteiger partial charge >= 0.3 is 0 Å². The molecule has 0 aromatic heterocycles. The molecule has 0 radical (unpaired) electrons. The SMILES string of the molecule is CN=C1CNCC/C1=C(\C)N. The molecule has 62 valence electrons. The Balaban J connectivity index is 2.84. The fourth-order valence-electron chi connectivity index (χ4n) is 1.31. The molecule has 0 aromatic carbocycles. The maximum Gasteiger partial charge on any atom is 0.0532 e. The summed E-state index contributed by atoms with van der Waals surface area (Å²) in [7, 11) is 1.81. The van der Waals surface area contributed by atoms with Crippen molar-refractivity contribution in [3.63, 3.8) is 0 Å². The number of nitrogens with two attached hydrogens (primary N) is 1. The van der Waals surface area contributed by atoms with E-state index in [2.05, 4.69) is 10.3 Å². The Morgan fingerprint density at radius 3 is 2.82 bits per heavy atom. The van der Waals surface area contributed by atoms with Crippen LogP contribution in [-0.4, -0.2) is 25.8 Å². The van der Waals surface area contributed by atoms with E-state index in [4.69, 9.17) is 5.73 Å². The molecular formula is C8H15N3.